The molecule has 2 rings (SSSR count). The van der Waals surface area contributed by atoms with E-state index in [1.54, 1.807) is 0 Å². The van der Waals surface area contributed by atoms with Gasteiger partial charge in [-0.25, -0.2) is 0 Å². The van der Waals surface area contributed by atoms with Gasteiger partial charge in [0.1, 0.15) is 5.60 Å². The average molecular weight is 239 g/mol. The van der Waals surface area contributed by atoms with Crippen LogP contribution in [0, 0.1) is 5.92 Å². The number of hydrogen-bond donors (Lipinski definition) is 1. The Hall–Kier alpha value is -0.570. The van der Waals surface area contributed by atoms with Crippen molar-refractivity contribution in [1.29, 1.82) is 0 Å². The van der Waals surface area contributed by atoms with Crippen LogP contribution in [-0.2, 0) is 9.53 Å². The van der Waals surface area contributed by atoms with E-state index in [2.05, 4.69) is 5.32 Å². The Labute approximate surface area is 104 Å². The van der Waals surface area contributed by atoms with Crippen LogP contribution in [0.15, 0.2) is 0 Å². The summed E-state index contributed by atoms with van der Waals surface area (Å²) in [6.45, 7) is 6.59. The Balaban J connectivity index is 1.84. The van der Waals surface area contributed by atoms with Gasteiger partial charge in [0.2, 0.25) is 0 Å². The summed E-state index contributed by atoms with van der Waals surface area (Å²) in [4.78, 5) is 12.0. The summed E-state index contributed by atoms with van der Waals surface area (Å²) in [5.41, 5.74) is -0.00190. The van der Waals surface area contributed by atoms with Gasteiger partial charge in [0, 0.05) is 12.1 Å². The van der Waals surface area contributed by atoms with Gasteiger partial charge < -0.3 is 10.1 Å². The number of nitrogens with one attached hydrogen (secondary N) is 1. The minimum absolute atomic E-state index is 0.0298. The van der Waals surface area contributed by atoms with Crippen molar-refractivity contribution in [2.75, 3.05) is 6.54 Å². The maximum Gasteiger partial charge on any atom is 0.310 e. The van der Waals surface area contributed by atoms with Crippen molar-refractivity contribution >= 4 is 5.97 Å². The number of carbonyl (C=O) groups excluding carboxylic acids is 1. The lowest BCUT2D eigenvalue weighted by Gasteiger charge is -2.38. The quantitative estimate of drug-likeness (QED) is 0.715. The van der Waals surface area contributed by atoms with Gasteiger partial charge in [0.15, 0.2) is 0 Å². The molecule has 1 aliphatic carbocycles. The number of piperidine rings is 1. The number of ether oxygens (including phenoxy) is 1. The smallest absolute Gasteiger partial charge is 0.310 e. The second kappa shape index (κ2) is 4.60. The van der Waals surface area contributed by atoms with Crippen molar-refractivity contribution in [1.82, 2.24) is 5.32 Å². The van der Waals surface area contributed by atoms with Crippen LogP contribution < -0.4 is 5.32 Å². The van der Waals surface area contributed by atoms with Crippen LogP contribution >= 0.6 is 0 Å². The van der Waals surface area contributed by atoms with E-state index in [0.717, 1.165) is 19.4 Å². The maximum absolute atomic E-state index is 12.0. The minimum atomic E-state index is -0.362. The largest absolute Gasteiger partial charge is 0.460 e. The molecular weight excluding hydrogens is 214 g/mol. The maximum atomic E-state index is 12.0. The standard InChI is InChI=1S/C14H25NO2/c1-13(2,3)17-12(16)11-6-9-14(15-10-11)7-4-5-8-14/h11,15H,4-10H2,1-3H3. The van der Waals surface area contributed by atoms with Gasteiger partial charge in [0.05, 0.1) is 5.92 Å². The topological polar surface area (TPSA) is 38.3 Å². The number of rotatable bonds is 1. The van der Waals surface area contributed by atoms with Crippen LogP contribution in [0.4, 0.5) is 0 Å². The Morgan fingerprint density at radius 1 is 1.24 bits per heavy atom. The third-order valence-electron chi connectivity index (χ3n) is 4.00. The van der Waals surface area contributed by atoms with Crippen LogP contribution in [0.2, 0.25) is 0 Å². The molecule has 1 heterocycles. The lowest BCUT2D eigenvalue weighted by Crippen LogP contribution is -2.51. The molecule has 3 nitrogen and oxygen atoms in total. The molecule has 98 valence electrons. The minimum Gasteiger partial charge on any atom is -0.460 e. The Morgan fingerprint density at radius 3 is 2.35 bits per heavy atom. The van der Waals surface area contributed by atoms with Crippen molar-refractivity contribution in [3.05, 3.63) is 0 Å². The van der Waals surface area contributed by atoms with Gasteiger partial charge in [-0.05, 0) is 46.5 Å². The molecule has 0 amide bonds. The van der Waals surface area contributed by atoms with Crippen molar-refractivity contribution in [2.24, 2.45) is 5.92 Å². The van der Waals surface area contributed by atoms with Gasteiger partial charge in [0.25, 0.3) is 0 Å². The Morgan fingerprint density at radius 2 is 1.88 bits per heavy atom. The molecule has 0 bridgehead atoms. The fourth-order valence-corrected chi connectivity index (χ4v) is 3.05. The van der Waals surface area contributed by atoms with Crippen LogP contribution in [-0.4, -0.2) is 23.7 Å². The molecule has 1 saturated carbocycles. The van der Waals surface area contributed by atoms with Gasteiger partial charge in [-0.2, -0.15) is 0 Å². The van der Waals surface area contributed by atoms with E-state index in [9.17, 15) is 4.79 Å². The van der Waals surface area contributed by atoms with Crippen molar-refractivity contribution in [3.8, 4) is 0 Å². The molecule has 0 aromatic rings. The second-order valence-corrected chi connectivity index (χ2v) is 6.64. The first-order valence-electron chi connectivity index (χ1n) is 6.88. The summed E-state index contributed by atoms with van der Waals surface area (Å²) >= 11 is 0. The molecule has 17 heavy (non-hydrogen) atoms. The zero-order valence-corrected chi connectivity index (χ0v) is 11.3. The highest BCUT2D eigenvalue weighted by atomic mass is 16.6. The van der Waals surface area contributed by atoms with Gasteiger partial charge in [-0.1, -0.05) is 12.8 Å². The Kier molecular flexibility index (Phi) is 3.48. The van der Waals surface area contributed by atoms with Crippen molar-refractivity contribution in [3.63, 3.8) is 0 Å². The van der Waals surface area contributed by atoms with E-state index < -0.39 is 0 Å². The molecule has 1 spiro atoms. The molecule has 1 aliphatic heterocycles. The normalized spacial score (nSPS) is 28.3. The van der Waals surface area contributed by atoms with Crippen molar-refractivity contribution in [2.45, 2.75) is 70.4 Å². The predicted octanol–water partition coefficient (Wildman–Crippen LogP) is 2.64. The second-order valence-electron chi connectivity index (χ2n) is 6.64. The summed E-state index contributed by atoms with van der Waals surface area (Å²) in [6.07, 6.45) is 7.37. The molecule has 3 heteroatoms. The van der Waals surface area contributed by atoms with Crippen molar-refractivity contribution < 1.29 is 9.53 Å². The van der Waals surface area contributed by atoms with E-state index in [1.807, 2.05) is 20.8 Å². The molecule has 1 unspecified atom stereocenters. The van der Waals surface area contributed by atoms with E-state index >= 15 is 0 Å². The van der Waals surface area contributed by atoms with Crippen LogP contribution in [0.1, 0.15) is 59.3 Å². The van der Waals surface area contributed by atoms with Gasteiger partial charge in [-0.15, -0.1) is 0 Å². The molecule has 0 aromatic heterocycles. The summed E-state index contributed by atoms with van der Waals surface area (Å²) in [7, 11) is 0. The first kappa shape index (κ1) is 12.9. The first-order valence-corrected chi connectivity index (χ1v) is 6.88. The Bertz CT molecular complexity index is 277. The lowest BCUT2D eigenvalue weighted by molar-refractivity contribution is -0.161. The molecule has 2 fully saturated rings. The molecule has 1 atom stereocenters. The van der Waals surface area contributed by atoms with Crippen LogP contribution in [0.3, 0.4) is 0 Å². The molecule has 1 saturated heterocycles. The fraction of sp³-hybridized carbons (Fsp3) is 0.929. The number of hydrogen-bond acceptors (Lipinski definition) is 3. The lowest BCUT2D eigenvalue weighted by atomic mass is 9.83. The van der Waals surface area contributed by atoms with E-state index in [0.29, 0.717) is 5.54 Å². The molecule has 0 radical (unpaired) electrons. The summed E-state index contributed by atoms with van der Waals surface area (Å²) in [6, 6.07) is 0. The number of esters is 1. The predicted molar refractivity (Wildman–Crippen MR) is 67.8 cm³/mol. The molecular formula is C14H25NO2. The highest BCUT2D eigenvalue weighted by Crippen LogP contribution is 2.37. The molecule has 0 aromatic carbocycles. The highest BCUT2D eigenvalue weighted by Gasteiger charge is 2.39. The van der Waals surface area contributed by atoms with Gasteiger partial charge >= 0.3 is 5.97 Å². The first-order chi connectivity index (χ1) is 7.90. The van der Waals surface area contributed by atoms with E-state index in [-0.39, 0.29) is 17.5 Å². The van der Waals surface area contributed by atoms with E-state index in [4.69, 9.17) is 4.74 Å². The SMILES string of the molecule is CC(C)(C)OC(=O)C1CCC2(CCCC2)NC1. The molecule has 2 aliphatic rings. The summed E-state index contributed by atoms with van der Waals surface area (Å²) in [5, 5.41) is 3.61. The van der Waals surface area contributed by atoms with Crippen LogP contribution in [0.25, 0.3) is 0 Å². The summed E-state index contributed by atoms with van der Waals surface area (Å²) in [5.74, 6) is 0.0262. The number of carbonyl (C=O) groups is 1. The fourth-order valence-electron chi connectivity index (χ4n) is 3.05. The third-order valence-corrected chi connectivity index (χ3v) is 4.00. The zero-order chi connectivity index (χ0) is 12.5. The monoisotopic (exact) mass is 239 g/mol. The third kappa shape index (κ3) is 3.21. The zero-order valence-electron chi connectivity index (χ0n) is 11.3. The summed E-state index contributed by atoms with van der Waals surface area (Å²) < 4.78 is 5.45. The highest BCUT2D eigenvalue weighted by molar-refractivity contribution is 5.73. The van der Waals surface area contributed by atoms with Crippen LogP contribution in [0.5, 0.6) is 0 Å². The molecule has 1 N–H and O–H groups in total. The average Bonchev–Trinajstić information content (AvgIpc) is 2.65. The van der Waals surface area contributed by atoms with E-state index in [1.165, 1.54) is 25.7 Å². The van der Waals surface area contributed by atoms with Gasteiger partial charge in [-0.3, -0.25) is 4.79 Å².